The van der Waals surface area contributed by atoms with Gasteiger partial charge in [-0.1, -0.05) is 24.3 Å². The fraction of sp³-hybridized carbons (Fsp3) is 0.381. The van der Waals surface area contributed by atoms with Crippen molar-refractivity contribution in [1.29, 1.82) is 0 Å². The van der Waals surface area contributed by atoms with Crippen LogP contribution in [0.25, 0.3) is 0 Å². The Morgan fingerprint density at radius 1 is 1.00 bits per heavy atom. The van der Waals surface area contributed by atoms with Crippen LogP contribution in [0.4, 0.5) is 5.69 Å². The third kappa shape index (κ3) is 3.94. The number of aromatic nitrogens is 1. The van der Waals surface area contributed by atoms with Crippen LogP contribution in [0.2, 0.25) is 0 Å². The van der Waals surface area contributed by atoms with E-state index in [4.69, 9.17) is 0 Å². The molecule has 4 rings (SSSR count). The monoisotopic (exact) mass is 364 g/mol. The van der Waals surface area contributed by atoms with E-state index in [9.17, 15) is 9.59 Å². The Bertz CT molecular complexity index is 788. The molecule has 0 saturated carbocycles. The minimum absolute atomic E-state index is 0.0434. The minimum atomic E-state index is -0.232. The molecule has 3 heterocycles. The molecule has 2 amide bonds. The molecule has 0 bridgehead atoms. The maximum absolute atomic E-state index is 12.9. The topological polar surface area (TPSA) is 56.8 Å². The number of rotatable bonds is 4. The molecule has 2 aliphatic heterocycles. The van der Waals surface area contributed by atoms with Crippen LogP contribution in [0.15, 0.2) is 54.7 Å². The van der Waals surface area contributed by atoms with Crippen LogP contribution in [0.1, 0.15) is 12.1 Å². The molecular weight excluding hydrogens is 340 g/mol. The van der Waals surface area contributed by atoms with E-state index < -0.39 is 0 Å². The summed E-state index contributed by atoms with van der Waals surface area (Å²) in [6.45, 7) is 4.04. The molecule has 27 heavy (non-hydrogen) atoms. The number of nitrogens with zero attached hydrogens (tertiary/aromatic N) is 4. The van der Waals surface area contributed by atoms with Gasteiger partial charge in [-0.25, -0.2) is 0 Å². The molecule has 1 aromatic carbocycles. The Morgan fingerprint density at radius 2 is 1.74 bits per heavy atom. The Morgan fingerprint density at radius 3 is 2.44 bits per heavy atom. The highest BCUT2D eigenvalue weighted by atomic mass is 16.2. The van der Waals surface area contributed by atoms with Crippen LogP contribution in [-0.2, 0) is 16.1 Å². The van der Waals surface area contributed by atoms with Crippen LogP contribution >= 0.6 is 0 Å². The molecule has 2 fully saturated rings. The van der Waals surface area contributed by atoms with Gasteiger partial charge in [0.25, 0.3) is 0 Å². The van der Waals surface area contributed by atoms with Crippen LogP contribution in [0.5, 0.6) is 0 Å². The lowest BCUT2D eigenvalue weighted by Crippen LogP contribution is -2.50. The Kier molecular flexibility index (Phi) is 5.05. The summed E-state index contributed by atoms with van der Waals surface area (Å²) < 4.78 is 0. The first-order valence-corrected chi connectivity index (χ1v) is 9.47. The van der Waals surface area contributed by atoms with Crippen molar-refractivity contribution in [2.75, 3.05) is 37.6 Å². The largest absolute Gasteiger partial charge is 0.368 e. The number of para-hydroxylation sites is 1. The first-order chi connectivity index (χ1) is 13.2. The fourth-order valence-electron chi connectivity index (χ4n) is 3.86. The first kappa shape index (κ1) is 17.5. The second-order valence-corrected chi connectivity index (χ2v) is 7.14. The van der Waals surface area contributed by atoms with E-state index in [0.717, 1.165) is 18.8 Å². The van der Waals surface area contributed by atoms with Gasteiger partial charge in [-0.2, -0.15) is 0 Å². The number of hydrogen-bond acceptors (Lipinski definition) is 4. The molecule has 0 N–H and O–H groups in total. The number of carbonyl (C=O) groups is 2. The number of hydrogen-bond donors (Lipinski definition) is 0. The molecular formula is C21H24N4O2. The van der Waals surface area contributed by atoms with E-state index in [-0.39, 0.29) is 17.7 Å². The van der Waals surface area contributed by atoms with Crippen molar-refractivity contribution in [3.8, 4) is 0 Å². The predicted octanol–water partition coefficient (Wildman–Crippen LogP) is 1.78. The van der Waals surface area contributed by atoms with Crippen LogP contribution < -0.4 is 4.90 Å². The number of carbonyl (C=O) groups excluding carboxylic acids is 2. The van der Waals surface area contributed by atoms with E-state index in [0.29, 0.717) is 32.6 Å². The van der Waals surface area contributed by atoms with Crippen molar-refractivity contribution >= 4 is 17.5 Å². The Hall–Kier alpha value is -2.89. The summed E-state index contributed by atoms with van der Waals surface area (Å²) in [5.41, 5.74) is 2.05. The van der Waals surface area contributed by atoms with Gasteiger partial charge in [0, 0.05) is 51.0 Å². The average molecular weight is 364 g/mol. The molecule has 1 atom stereocenters. The van der Waals surface area contributed by atoms with Gasteiger partial charge in [-0.05, 0) is 24.3 Å². The lowest BCUT2D eigenvalue weighted by Gasteiger charge is -2.37. The predicted molar refractivity (Wildman–Crippen MR) is 103 cm³/mol. The van der Waals surface area contributed by atoms with Crippen molar-refractivity contribution in [2.45, 2.75) is 13.0 Å². The number of likely N-dealkylation sites (tertiary alicyclic amines) is 1. The summed E-state index contributed by atoms with van der Waals surface area (Å²) in [5.74, 6) is -0.0778. The van der Waals surface area contributed by atoms with E-state index in [1.165, 1.54) is 5.69 Å². The maximum Gasteiger partial charge on any atom is 0.228 e. The van der Waals surface area contributed by atoms with E-state index in [2.05, 4.69) is 22.0 Å². The summed E-state index contributed by atoms with van der Waals surface area (Å²) in [4.78, 5) is 35.5. The van der Waals surface area contributed by atoms with E-state index in [1.807, 2.05) is 41.3 Å². The molecule has 1 aromatic heterocycles. The van der Waals surface area contributed by atoms with Gasteiger partial charge in [0.2, 0.25) is 11.8 Å². The highest BCUT2D eigenvalue weighted by molar-refractivity contribution is 5.89. The lowest BCUT2D eigenvalue weighted by atomic mass is 10.1. The number of anilines is 1. The number of pyridine rings is 1. The number of amides is 2. The molecule has 2 saturated heterocycles. The molecule has 140 valence electrons. The van der Waals surface area contributed by atoms with Gasteiger partial charge in [-0.15, -0.1) is 0 Å². The summed E-state index contributed by atoms with van der Waals surface area (Å²) in [6, 6.07) is 16.0. The van der Waals surface area contributed by atoms with Crippen LogP contribution in [-0.4, -0.2) is 59.3 Å². The average Bonchev–Trinajstić information content (AvgIpc) is 3.09. The Balaban J connectivity index is 1.32. The van der Waals surface area contributed by atoms with Crippen LogP contribution in [0.3, 0.4) is 0 Å². The second-order valence-electron chi connectivity index (χ2n) is 7.14. The van der Waals surface area contributed by atoms with Gasteiger partial charge < -0.3 is 14.7 Å². The molecule has 0 radical (unpaired) electrons. The summed E-state index contributed by atoms with van der Waals surface area (Å²) >= 11 is 0. The molecule has 0 unspecified atom stereocenters. The zero-order valence-corrected chi connectivity index (χ0v) is 15.3. The zero-order chi connectivity index (χ0) is 18.6. The summed E-state index contributed by atoms with van der Waals surface area (Å²) in [6.07, 6.45) is 2.04. The Labute approximate surface area is 159 Å². The molecule has 0 spiro atoms. The summed E-state index contributed by atoms with van der Waals surface area (Å²) in [7, 11) is 0. The van der Waals surface area contributed by atoms with E-state index in [1.54, 1.807) is 11.1 Å². The number of benzene rings is 1. The van der Waals surface area contributed by atoms with Crippen molar-refractivity contribution in [1.82, 2.24) is 14.8 Å². The molecule has 6 nitrogen and oxygen atoms in total. The third-order valence-corrected chi connectivity index (χ3v) is 5.36. The SMILES string of the molecule is O=C1C[C@H](C(=O)N2CCN(c3ccccc3)CC2)CN1Cc1ccccn1. The highest BCUT2D eigenvalue weighted by Crippen LogP contribution is 2.23. The fourth-order valence-corrected chi connectivity index (χ4v) is 3.86. The molecule has 0 aliphatic carbocycles. The maximum atomic E-state index is 12.9. The van der Waals surface area contributed by atoms with Crippen molar-refractivity contribution < 1.29 is 9.59 Å². The third-order valence-electron chi connectivity index (χ3n) is 5.36. The van der Waals surface area contributed by atoms with Crippen molar-refractivity contribution in [3.63, 3.8) is 0 Å². The molecule has 2 aromatic rings. The number of piperazine rings is 1. The smallest absolute Gasteiger partial charge is 0.228 e. The zero-order valence-electron chi connectivity index (χ0n) is 15.3. The summed E-state index contributed by atoms with van der Waals surface area (Å²) in [5, 5.41) is 0. The molecule has 2 aliphatic rings. The second kappa shape index (κ2) is 7.78. The van der Waals surface area contributed by atoms with Crippen molar-refractivity contribution in [3.05, 3.63) is 60.4 Å². The molecule has 6 heteroatoms. The standard InChI is InChI=1S/C21H24N4O2/c26-20-14-17(15-25(20)16-18-6-4-5-9-22-18)21(27)24-12-10-23(11-13-24)19-7-2-1-3-8-19/h1-9,17H,10-16H2/t17-/m0/s1. The van der Waals surface area contributed by atoms with Gasteiger partial charge in [0.05, 0.1) is 18.2 Å². The van der Waals surface area contributed by atoms with Gasteiger partial charge >= 0.3 is 0 Å². The quantitative estimate of drug-likeness (QED) is 0.830. The van der Waals surface area contributed by atoms with E-state index >= 15 is 0 Å². The minimum Gasteiger partial charge on any atom is -0.368 e. The van der Waals surface area contributed by atoms with Gasteiger partial charge in [0.1, 0.15) is 0 Å². The first-order valence-electron chi connectivity index (χ1n) is 9.47. The normalized spacial score (nSPS) is 20.2. The van der Waals surface area contributed by atoms with Gasteiger partial charge in [0.15, 0.2) is 0 Å². The lowest BCUT2D eigenvalue weighted by molar-refractivity contribution is -0.136. The van der Waals surface area contributed by atoms with Crippen LogP contribution in [0, 0.1) is 5.92 Å². The highest BCUT2D eigenvalue weighted by Gasteiger charge is 2.37. The van der Waals surface area contributed by atoms with Crippen molar-refractivity contribution in [2.24, 2.45) is 5.92 Å². The van der Waals surface area contributed by atoms with Gasteiger partial charge in [-0.3, -0.25) is 14.6 Å².